The van der Waals surface area contributed by atoms with Gasteiger partial charge in [0.15, 0.2) is 6.61 Å². The first-order valence-electron chi connectivity index (χ1n) is 7.20. The van der Waals surface area contributed by atoms with Gasteiger partial charge in [0.1, 0.15) is 5.75 Å². The summed E-state index contributed by atoms with van der Waals surface area (Å²) in [5.41, 5.74) is 3.55. The first-order chi connectivity index (χ1) is 10.9. The second kappa shape index (κ2) is 6.96. The van der Waals surface area contributed by atoms with Crippen molar-refractivity contribution in [1.82, 2.24) is 0 Å². The Morgan fingerprint density at radius 3 is 2.39 bits per heavy atom. The van der Waals surface area contributed by atoms with Crippen LogP contribution >= 0.6 is 0 Å². The predicted molar refractivity (Wildman–Crippen MR) is 88.2 cm³/mol. The Bertz CT molecular complexity index is 753. The van der Waals surface area contributed by atoms with Gasteiger partial charge in [-0.15, -0.1) is 0 Å². The van der Waals surface area contributed by atoms with Crippen LogP contribution < -0.4 is 10.1 Å². The summed E-state index contributed by atoms with van der Waals surface area (Å²) < 4.78 is 5.52. The van der Waals surface area contributed by atoms with Crippen LogP contribution in [0.15, 0.2) is 36.4 Å². The van der Waals surface area contributed by atoms with E-state index >= 15 is 0 Å². The lowest BCUT2D eigenvalue weighted by atomic mass is 10.1. The highest BCUT2D eigenvalue weighted by Crippen LogP contribution is 2.19. The Kier molecular flexibility index (Phi) is 5.01. The number of aryl methyl sites for hydroxylation is 3. The molecule has 0 unspecified atom stereocenters. The van der Waals surface area contributed by atoms with Crippen LogP contribution in [0, 0.1) is 20.8 Å². The summed E-state index contributed by atoms with van der Waals surface area (Å²) in [4.78, 5) is 22.9. The molecule has 0 aliphatic carbocycles. The van der Waals surface area contributed by atoms with Crippen LogP contribution in [0.25, 0.3) is 0 Å². The van der Waals surface area contributed by atoms with E-state index in [0.29, 0.717) is 17.0 Å². The molecule has 2 aromatic rings. The van der Waals surface area contributed by atoms with E-state index < -0.39 is 5.97 Å². The van der Waals surface area contributed by atoms with Crippen LogP contribution in [0.4, 0.5) is 5.69 Å². The largest absolute Gasteiger partial charge is 0.483 e. The van der Waals surface area contributed by atoms with Crippen LogP contribution in [-0.2, 0) is 4.79 Å². The number of carboxylic acid groups (broad SMARTS) is 1. The summed E-state index contributed by atoms with van der Waals surface area (Å²) in [7, 11) is 0. The van der Waals surface area contributed by atoms with E-state index in [9.17, 15) is 9.59 Å². The number of carbonyl (C=O) groups excluding carboxylic acids is 1. The van der Waals surface area contributed by atoms with E-state index in [1.54, 1.807) is 13.0 Å². The Morgan fingerprint density at radius 2 is 1.78 bits per heavy atom. The lowest BCUT2D eigenvalue weighted by Crippen LogP contribution is -2.21. The van der Waals surface area contributed by atoms with Gasteiger partial charge in [-0.2, -0.15) is 0 Å². The number of hydrogen-bond acceptors (Lipinski definition) is 3. The highest BCUT2D eigenvalue weighted by Gasteiger charge is 2.09. The molecule has 0 fully saturated rings. The van der Waals surface area contributed by atoms with Crippen molar-refractivity contribution in [3.8, 4) is 5.75 Å². The molecular weight excluding hydrogens is 294 g/mol. The molecule has 2 N–H and O–H groups in total. The van der Waals surface area contributed by atoms with Crippen molar-refractivity contribution in [2.75, 3.05) is 11.9 Å². The molecule has 0 saturated heterocycles. The maximum atomic E-state index is 12.0. The zero-order chi connectivity index (χ0) is 17.0. The van der Waals surface area contributed by atoms with Gasteiger partial charge in [-0.3, -0.25) is 4.79 Å². The highest BCUT2D eigenvalue weighted by atomic mass is 16.5. The number of aromatic carboxylic acids is 1. The van der Waals surface area contributed by atoms with Crippen molar-refractivity contribution in [3.63, 3.8) is 0 Å². The standard InChI is InChI=1S/C18H19NO4/c1-11-4-7-16(13(3)8-11)23-10-17(20)19-15-6-5-14(18(21)22)9-12(15)2/h4-9H,10H2,1-3H3,(H,19,20)(H,21,22). The molecular formula is C18H19NO4. The maximum absolute atomic E-state index is 12.0. The highest BCUT2D eigenvalue weighted by molar-refractivity contribution is 5.94. The average molecular weight is 313 g/mol. The third kappa shape index (κ3) is 4.32. The van der Waals surface area contributed by atoms with Gasteiger partial charge in [-0.25, -0.2) is 4.79 Å². The molecule has 0 radical (unpaired) electrons. The molecule has 0 aliphatic rings. The lowest BCUT2D eigenvalue weighted by molar-refractivity contribution is -0.118. The summed E-state index contributed by atoms with van der Waals surface area (Å²) in [6, 6.07) is 10.3. The molecule has 0 bridgehead atoms. The number of nitrogens with one attached hydrogen (secondary N) is 1. The molecule has 2 aromatic carbocycles. The number of benzene rings is 2. The van der Waals surface area contributed by atoms with Gasteiger partial charge in [0.2, 0.25) is 0 Å². The van der Waals surface area contributed by atoms with Crippen LogP contribution in [0.2, 0.25) is 0 Å². The fourth-order valence-corrected chi connectivity index (χ4v) is 2.23. The van der Waals surface area contributed by atoms with Crippen LogP contribution in [0.3, 0.4) is 0 Å². The number of amides is 1. The molecule has 2 rings (SSSR count). The molecule has 0 spiro atoms. The summed E-state index contributed by atoms with van der Waals surface area (Å²) in [5, 5.41) is 11.7. The van der Waals surface area contributed by atoms with Gasteiger partial charge in [-0.05, 0) is 56.2 Å². The molecule has 23 heavy (non-hydrogen) atoms. The van der Waals surface area contributed by atoms with E-state index in [0.717, 1.165) is 11.1 Å². The topological polar surface area (TPSA) is 75.6 Å². The number of anilines is 1. The molecule has 0 atom stereocenters. The summed E-state index contributed by atoms with van der Waals surface area (Å²) in [5.74, 6) is -0.621. The maximum Gasteiger partial charge on any atom is 0.335 e. The normalized spacial score (nSPS) is 10.2. The minimum atomic E-state index is -0.996. The van der Waals surface area contributed by atoms with Crippen molar-refractivity contribution in [3.05, 3.63) is 58.7 Å². The number of carbonyl (C=O) groups is 2. The van der Waals surface area contributed by atoms with Crippen LogP contribution in [0.1, 0.15) is 27.0 Å². The van der Waals surface area contributed by atoms with Crippen molar-refractivity contribution in [1.29, 1.82) is 0 Å². The Morgan fingerprint density at radius 1 is 1.04 bits per heavy atom. The Hall–Kier alpha value is -2.82. The van der Waals surface area contributed by atoms with Crippen molar-refractivity contribution < 1.29 is 19.4 Å². The zero-order valence-corrected chi connectivity index (χ0v) is 13.3. The molecule has 0 aromatic heterocycles. The van der Waals surface area contributed by atoms with Crippen LogP contribution in [0.5, 0.6) is 5.75 Å². The third-order valence-electron chi connectivity index (χ3n) is 3.44. The Labute approximate surface area is 134 Å². The Balaban J connectivity index is 1.98. The van der Waals surface area contributed by atoms with Crippen molar-refractivity contribution in [2.24, 2.45) is 0 Å². The van der Waals surface area contributed by atoms with E-state index in [4.69, 9.17) is 9.84 Å². The number of ether oxygens (including phenoxy) is 1. The quantitative estimate of drug-likeness (QED) is 0.888. The fourth-order valence-electron chi connectivity index (χ4n) is 2.23. The predicted octanol–water partition coefficient (Wildman–Crippen LogP) is 3.33. The summed E-state index contributed by atoms with van der Waals surface area (Å²) >= 11 is 0. The molecule has 5 heteroatoms. The van der Waals surface area contributed by atoms with E-state index in [-0.39, 0.29) is 18.1 Å². The van der Waals surface area contributed by atoms with Gasteiger partial charge in [0.25, 0.3) is 5.91 Å². The molecule has 5 nitrogen and oxygen atoms in total. The van der Waals surface area contributed by atoms with Crippen molar-refractivity contribution >= 4 is 17.6 Å². The summed E-state index contributed by atoms with van der Waals surface area (Å²) in [6.45, 7) is 5.55. The monoisotopic (exact) mass is 313 g/mol. The van der Waals surface area contributed by atoms with Gasteiger partial charge in [-0.1, -0.05) is 17.7 Å². The first-order valence-corrected chi connectivity index (χ1v) is 7.20. The average Bonchev–Trinajstić information content (AvgIpc) is 2.48. The third-order valence-corrected chi connectivity index (χ3v) is 3.44. The smallest absolute Gasteiger partial charge is 0.335 e. The number of rotatable bonds is 5. The van der Waals surface area contributed by atoms with Gasteiger partial charge < -0.3 is 15.2 Å². The molecule has 0 aliphatic heterocycles. The number of carboxylic acids is 1. The lowest BCUT2D eigenvalue weighted by Gasteiger charge is -2.11. The zero-order valence-electron chi connectivity index (χ0n) is 13.3. The van der Waals surface area contributed by atoms with Gasteiger partial charge >= 0.3 is 5.97 Å². The fraction of sp³-hybridized carbons (Fsp3) is 0.222. The molecule has 0 saturated carbocycles. The van der Waals surface area contributed by atoms with Crippen LogP contribution in [-0.4, -0.2) is 23.6 Å². The van der Waals surface area contributed by atoms with E-state index in [1.165, 1.54) is 12.1 Å². The van der Waals surface area contributed by atoms with Crippen molar-refractivity contribution in [2.45, 2.75) is 20.8 Å². The SMILES string of the molecule is Cc1ccc(OCC(=O)Nc2ccc(C(=O)O)cc2C)c(C)c1. The second-order valence-electron chi connectivity index (χ2n) is 5.44. The summed E-state index contributed by atoms with van der Waals surface area (Å²) in [6.07, 6.45) is 0. The van der Waals surface area contributed by atoms with Gasteiger partial charge in [0, 0.05) is 5.69 Å². The molecule has 1 amide bonds. The number of hydrogen-bond donors (Lipinski definition) is 2. The second-order valence-corrected chi connectivity index (χ2v) is 5.44. The minimum absolute atomic E-state index is 0.107. The molecule has 120 valence electrons. The minimum Gasteiger partial charge on any atom is -0.483 e. The van der Waals surface area contributed by atoms with E-state index in [1.807, 2.05) is 32.0 Å². The van der Waals surface area contributed by atoms with E-state index in [2.05, 4.69) is 5.32 Å². The van der Waals surface area contributed by atoms with Gasteiger partial charge in [0.05, 0.1) is 5.56 Å². The first kappa shape index (κ1) is 16.5. The molecule has 0 heterocycles.